The minimum atomic E-state index is -0.530. The lowest BCUT2D eigenvalue weighted by Gasteiger charge is -2.08. The highest BCUT2D eigenvalue weighted by atomic mass is 16.7. The Morgan fingerprint density at radius 1 is 1.05 bits per heavy atom. The molecule has 2 aromatic rings. The minimum absolute atomic E-state index is 0.175. The van der Waals surface area contributed by atoms with E-state index in [1.165, 1.54) is 17.7 Å². The number of carbonyl (C=O) groups is 1. The van der Waals surface area contributed by atoms with E-state index in [-0.39, 0.29) is 18.2 Å². The molecule has 0 aliphatic heterocycles. The van der Waals surface area contributed by atoms with Crippen LogP contribution in [-0.2, 0) is 4.79 Å². The summed E-state index contributed by atoms with van der Waals surface area (Å²) in [6, 6.07) is 10.2. The van der Waals surface area contributed by atoms with E-state index in [1.807, 2.05) is 31.2 Å². The first-order chi connectivity index (χ1) is 10.6. The summed E-state index contributed by atoms with van der Waals surface area (Å²) in [4.78, 5) is 16.4. The number of unbranched alkanes of at least 4 members (excludes halogenated alkanes) is 1. The van der Waals surface area contributed by atoms with Gasteiger partial charge in [-0.25, -0.2) is 4.79 Å². The van der Waals surface area contributed by atoms with Gasteiger partial charge in [-0.1, -0.05) is 17.7 Å². The largest absolute Gasteiger partial charge is 0.494 e. The van der Waals surface area contributed by atoms with Crippen molar-refractivity contribution in [1.82, 2.24) is 4.73 Å². The third-order valence-corrected chi connectivity index (χ3v) is 3.06. The lowest BCUT2D eigenvalue weighted by atomic mass is 10.2. The van der Waals surface area contributed by atoms with Crippen molar-refractivity contribution in [3.8, 4) is 17.5 Å². The second kappa shape index (κ2) is 7.40. The molecular formula is C16H19NO5. The van der Waals surface area contributed by atoms with E-state index in [0.29, 0.717) is 24.2 Å². The third-order valence-electron chi connectivity index (χ3n) is 3.06. The topological polar surface area (TPSA) is 80.9 Å². The molecule has 0 aliphatic rings. The Labute approximate surface area is 128 Å². The molecule has 6 heteroatoms. The molecule has 1 aromatic heterocycles. The predicted molar refractivity (Wildman–Crippen MR) is 79.9 cm³/mol. The first kappa shape index (κ1) is 15.8. The quantitative estimate of drug-likeness (QED) is 0.768. The Morgan fingerprint density at radius 3 is 2.32 bits per heavy atom. The number of carbonyl (C=O) groups excluding carboxylic acids is 1. The van der Waals surface area contributed by atoms with Crippen LogP contribution >= 0.6 is 0 Å². The van der Waals surface area contributed by atoms with E-state index < -0.39 is 5.97 Å². The van der Waals surface area contributed by atoms with E-state index in [0.717, 1.165) is 5.75 Å². The number of rotatable bonds is 7. The summed E-state index contributed by atoms with van der Waals surface area (Å²) in [5.41, 5.74) is 1.17. The van der Waals surface area contributed by atoms with Gasteiger partial charge in [-0.2, -0.15) is 0 Å². The Bertz CT molecular complexity index is 598. The maximum absolute atomic E-state index is 11.6. The zero-order chi connectivity index (χ0) is 15.9. The van der Waals surface area contributed by atoms with Gasteiger partial charge >= 0.3 is 5.97 Å². The highest BCUT2D eigenvalue weighted by Gasteiger charge is 2.11. The molecule has 6 nitrogen and oxygen atoms in total. The van der Waals surface area contributed by atoms with Crippen LogP contribution in [0.25, 0.3) is 0 Å². The van der Waals surface area contributed by atoms with Crippen LogP contribution in [-0.4, -0.2) is 27.5 Å². The number of aromatic nitrogens is 1. The zero-order valence-electron chi connectivity index (χ0n) is 12.4. The first-order valence-corrected chi connectivity index (χ1v) is 7.06. The van der Waals surface area contributed by atoms with Gasteiger partial charge in [-0.15, -0.1) is 4.73 Å². The number of aromatic hydroxyl groups is 2. The highest BCUT2D eigenvalue weighted by molar-refractivity contribution is 5.69. The second-order valence-electron chi connectivity index (χ2n) is 4.93. The van der Waals surface area contributed by atoms with Gasteiger partial charge in [-0.3, -0.25) is 0 Å². The average Bonchev–Trinajstić information content (AvgIpc) is 2.81. The molecule has 118 valence electrons. The molecule has 0 atom stereocenters. The number of benzene rings is 1. The molecule has 0 bridgehead atoms. The summed E-state index contributed by atoms with van der Waals surface area (Å²) in [6.45, 7) is 2.52. The molecule has 22 heavy (non-hydrogen) atoms. The summed E-state index contributed by atoms with van der Waals surface area (Å²) in [6.07, 6.45) is 1.47. The van der Waals surface area contributed by atoms with Gasteiger partial charge in [-0.05, 0) is 31.9 Å². The van der Waals surface area contributed by atoms with E-state index in [9.17, 15) is 15.0 Å². The summed E-state index contributed by atoms with van der Waals surface area (Å²) >= 11 is 0. The van der Waals surface area contributed by atoms with Crippen LogP contribution in [0.2, 0.25) is 0 Å². The number of aryl methyl sites for hydroxylation is 1. The molecule has 0 aliphatic carbocycles. The fourth-order valence-electron chi connectivity index (χ4n) is 1.84. The molecule has 2 rings (SSSR count). The van der Waals surface area contributed by atoms with Crippen LogP contribution < -0.4 is 9.57 Å². The van der Waals surface area contributed by atoms with E-state index in [2.05, 4.69) is 0 Å². The number of nitrogens with zero attached hydrogens (tertiary/aromatic N) is 1. The summed E-state index contributed by atoms with van der Waals surface area (Å²) < 4.78 is 6.24. The van der Waals surface area contributed by atoms with Crippen molar-refractivity contribution in [2.45, 2.75) is 26.2 Å². The predicted octanol–water partition coefficient (Wildman–Crippen LogP) is 2.41. The Morgan fingerprint density at radius 2 is 1.68 bits per heavy atom. The molecule has 0 spiro atoms. The molecule has 0 fully saturated rings. The van der Waals surface area contributed by atoms with Crippen molar-refractivity contribution in [3.05, 3.63) is 42.0 Å². The van der Waals surface area contributed by atoms with Crippen molar-refractivity contribution in [2.75, 3.05) is 6.61 Å². The summed E-state index contributed by atoms with van der Waals surface area (Å²) in [5, 5.41) is 18.7. The van der Waals surface area contributed by atoms with Crippen molar-refractivity contribution < 1.29 is 24.6 Å². The van der Waals surface area contributed by atoms with Gasteiger partial charge in [0.2, 0.25) is 11.8 Å². The SMILES string of the molecule is Cc1ccc(OCCCCC(=O)On2c(O)ccc2O)cc1. The van der Waals surface area contributed by atoms with Crippen molar-refractivity contribution in [2.24, 2.45) is 0 Å². The molecule has 0 amide bonds. The lowest BCUT2D eigenvalue weighted by Crippen LogP contribution is -2.18. The summed E-state index contributed by atoms with van der Waals surface area (Å²) in [7, 11) is 0. The monoisotopic (exact) mass is 305 g/mol. The molecular weight excluding hydrogens is 286 g/mol. The van der Waals surface area contributed by atoms with Gasteiger partial charge < -0.3 is 19.8 Å². The van der Waals surface area contributed by atoms with E-state index in [1.54, 1.807) is 0 Å². The fourth-order valence-corrected chi connectivity index (χ4v) is 1.84. The van der Waals surface area contributed by atoms with Gasteiger partial charge in [0.25, 0.3) is 0 Å². The first-order valence-electron chi connectivity index (χ1n) is 7.06. The molecule has 0 radical (unpaired) electrons. The molecule has 0 saturated carbocycles. The van der Waals surface area contributed by atoms with Gasteiger partial charge in [0.05, 0.1) is 6.61 Å². The van der Waals surface area contributed by atoms with Crippen molar-refractivity contribution >= 4 is 5.97 Å². The van der Waals surface area contributed by atoms with Crippen molar-refractivity contribution in [1.29, 1.82) is 0 Å². The molecule has 1 heterocycles. The van der Waals surface area contributed by atoms with Crippen LogP contribution in [0.5, 0.6) is 17.5 Å². The molecule has 2 N–H and O–H groups in total. The fraction of sp³-hybridized carbons (Fsp3) is 0.312. The lowest BCUT2D eigenvalue weighted by molar-refractivity contribution is -0.145. The Kier molecular flexibility index (Phi) is 5.30. The maximum atomic E-state index is 11.6. The second-order valence-corrected chi connectivity index (χ2v) is 4.93. The van der Waals surface area contributed by atoms with Crippen LogP contribution in [0.15, 0.2) is 36.4 Å². The Hall–Kier alpha value is -2.63. The maximum Gasteiger partial charge on any atom is 0.333 e. The van der Waals surface area contributed by atoms with Crippen molar-refractivity contribution in [3.63, 3.8) is 0 Å². The highest BCUT2D eigenvalue weighted by Crippen LogP contribution is 2.19. The molecule has 0 saturated heterocycles. The zero-order valence-corrected chi connectivity index (χ0v) is 12.4. The van der Waals surface area contributed by atoms with Crippen LogP contribution in [0.3, 0.4) is 0 Å². The van der Waals surface area contributed by atoms with E-state index in [4.69, 9.17) is 9.57 Å². The molecule has 0 unspecified atom stereocenters. The normalized spacial score (nSPS) is 10.4. The van der Waals surface area contributed by atoms with Gasteiger partial charge in [0.1, 0.15) is 5.75 Å². The molecule has 1 aromatic carbocycles. The van der Waals surface area contributed by atoms with Gasteiger partial charge in [0.15, 0.2) is 0 Å². The van der Waals surface area contributed by atoms with Crippen LogP contribution in [0.4, 0.5) is 0 Å². The number of ether oxygens (including phenoxy) is 1. The minimum Gasteiger partial charge on any atom is -0.494 e. The third kappa shape index (κ3) is 4.44. The number of hydrogen-bond donors (Lipinski definition) is 2. The number of hydrogen-bond acceptors (Lipinski definition) is 5. The van der Waals surface area contributed by atoms with Crippen LogP contribution in [0, 0.1) is 6.92 Å². The van der Waals surface area contributed by atoms with Gasteiger partial charge in [0, 0.05) is 18.6 Å². The van der Waals surface area contributed by atoms with Crippen LogP contribution in [0.1, 0.15) is 24.8 Å². The smallest absolute Gasteiger partial charge is 0.333 e. The standard InChI is InChI=1S/C16H19NO5/c1-12-5-7-13(8-6-12)21-11-3-2-4-16(20)22-17-14(18)9-10-15(17)19/h5-10,18-19H,2-4,11H2,1H3. The summed E-state index contributed by atoms with van der Waals surface area (Å²) in [5.74, 6) is -0.380. The average molecular weight is 305 g/mol. The Balaban J connectivity index is 1.64. The van der Waals surface area contributed by atoms with E-state index >= 15 is 0 Å².